The Bertz CT molecular complexity index is 52.0. The van der Waals surface area contributed by atoms with E-state index in [-0.39, 0.29) is 0 Å². The van der Waals surface area contributed by atoms with Crippen LogP contribution in [0.4, 0.5) is 0 Å². The zero-order valence-electron chi connectivity index (χ0n) is 4.39. The number of nitrogens with two attached hydrogens (primary N) is 1. The molecule has 0 aliphatic heterocycles. The lowest BCUT2D eigenvalue weighted by Gasteiger charge is -1.93. The lowest BCUT2D eigenvalue weighted by Crippen LogP contribution is -2.06. The molecule has 2 nitrogen and oxygen atoms in total. The van der Waals surface area contributed by atoms with Crippen molar-refractivity contribution in [3.63, 3.8) is 0 Å². The van der Waals surface area contributed by atoms with E-state index in [1.54, 1.807) is 0 Å². The van der Waals surface area contributed by atoms with E-state index >= 15 is 0 Å². The van der Waals surface area contributed by atoms with E-state index in [2.05, 4.69) is 0 Å². The van der Waals surface area contributed by atoms with E-state index in [0.29, 0.717) is 6.73 Å². The Morgan fingerprint density at radius 2 is 2.29 bits per heavy atom. The highest BCUT2D eigenvalue weighted by Gasteiger charge is 2.20. The van der Waals surface area contributed by atoms with Crippen molar-refractivity contribution in [2.75, 3.05) is 13.3 Å². The maximum atomic E-state index is 5.08. The lowest BCUT2D eigenvalue weighted by molar-refractivity contribution is 0.131. The molecule has 0 aromatic rings. The summed E-state index contributed by atoms with van der Waals surface area (Å²) in [7, 11) is 0. The molecule has 0 unspecified atom stereocenters. The minimum absolute atomic E-state index is 0.385. The Morgan fingerprint density at radius 1 is 1.57 bits per heavy atom. The summed E-state index contributed by atoms with van der Waals surface area (Å²) in [5.41, 5.74) is 5.08. The third kappa shape index (κ3) is 1.90. The van der Waals surface area contributed by atoms with Crippen LogP contribution in [0.25, 0.3) is 0 Å². The van der Waals surface area contributed by atoms with Gasteiger partial charge < -0.3 is 10.5 Å². The van der Waals surface area contributed by atoms with Gasteiger partial charge in [0.15, 0.2) is 0 Å². The molecule has 0 amide bonds. The predicted octanol–water partition coefficient (Wildman–Crippen LogP) is 0.329. The third-order valence-electron chi connectivity index (χ3n) is 1.17. The molecule has 0 heterocycles. The molecule has 0 spiro atoms. The average molecular weight is 101 g/mol. The Kier molecular flexibility index (Phi) is 1.65. The number of hydrogen-bond donors (Lipinski definition) is 1. The molecule has 0 aromatic heterocycles. The van der Waals surface area contributed by atoms with Gasteiger partial charge in [-0.25, -0.2) is 0 Å². The second-order valence-corrected chi connectivity index (χ2v) is 1.98. The van der Waals surface area contributed by atoms with E-state index in [1.165, 1.54) is 12.8 Å². The van der Waals surface area contributed by atoms with Crippen molar-refractivity contribution < 1.29 is 4.74 Å². The second-order valence-electron chi connectivity index (χ2n) is 1.98. The van der Waals surface area contributed by atoms with Gasteiger partial charge in [0.2, 0.25) is 0 Å². The fraction of sp³-hybridized carbons (Fsp3) is 1.00. The molecule has 1 rings (SSSR count). The largest absolute Gasteiger partial charge is 0.366 e. The highest BCUT2D eigenvalue weighted by molar-refractivity contribution is 4.71. The van der Waals surface area contributed by atoms with Gasteiger partial charge in [-0.05, 0) is 18.8 Å². The van der Waals surface area contributed by atoms with Crippen molar-refractivity contribution in [2.24, 2.45) is 11.7 Å². The summed E-state index contributed by atoms with van der Waals surface area (Å²) in [5.74, 6) is 0.851. The van der Waals surface area contributed by atoms with Crippen molar-refractivity contribution in [1.29, 1.82) is 0 Å². The minimum Gasteiger partial charge on any atom is -0.366 e. The molecule has 0 saturated heterocycles. The summed E-state index contributed by atoms with van der Waals surface area (Å²) in [6, 6.07) is 0. The fourth-order valence-corrected chi connectivity index (χ4v) is 0.519. The van der Waals surface area contributed by atoms with Crippen molar-refractivity contribution in [3.05, 3.63) is 0 Å². The van der Waals surface area contributed by atoms with E-state index in [1.807, 2.05) is 0 Å². The van der Waals surface area contributed by atoms with E-state index in [4.69, 9.17) is 10.5 Å². The van der Waals surface area contributed by atoms with Crippen molar-refractivity contribution in [1.82, 2.24) is 0 Å². The Labute approximate surface area is 43.6 Å². The molecule has 1 aliphatic carbocycles. The topological polar surface area (TPSA) is 35.2 Å². The molecule has 42 valence electrons. The monoisotopic (exact) mass is 101 g/mol. The maximum absolute atomic E-state index is 5.08. The molecule has 0 atom stereocenters. The summed E-state index contributed by atoms with van der Waals surface area (Å²) >= 11 is 0. The fourth-order valence-electron chi connectivity index (χ4n) is 0.519. The van der Waals surface area contributed by atoms with Crippen LogP contribution in [0.15, 0.2) is 0 Å². The highest BCUT2D eigenvalue weighted by Crippen LogP contribution is 2.28. The average Bonchev–Trinajstić information content (AvgIpc) is 2.42. The third-order valence-corrected chi connectivity index (χ3v) is 1.17. The molecule has 0 radical (unpaired) electrons. The zero-order valence-corrected chi connectivity index (χ0v) is 4.39. The van der Waals surface area contributed by atoms with Crippen LogP contribution in [-0.2, 0) is 4.74 Å². The first-order valence-electron chi connectivity index (χ1n) is 2.71. The van der Waals surface area contributed by atoms with E-state index in [0.717, 1.165) is 12.5 Å². The van der Waals surface area contributed by atoms with Gasteiger partial charge in [-0.3, -0.25) is 0 Å². The Morgan fingerprint density at radius 3 is 2.71 bits per heavy atom. The van der Waals surface area contributed by atoms with Gasteiger partial charge in [-0.2, -0.15) is 0 Å². The predicted molar refractivity (Wildman–Crippen MR) is 27.7 cm³/mol. The van der Waals surface area contributed by atoms with E-state index in [9.17, 15) is 0 Å². The van der Waals surface area contributed by atoms with Crippen LogP contribution in [0.5, 0.6) is 0 Å². The van der Waals surface area contributed by atoms with Crippen LogP contribution < -0.4 is 5.73 Å². The van der Waals surface area contributed by atoms with Gasteiger partial charge in [0.25, 0.3) is 0 Å². The smallest absolute Gasteiger partial charge is 0.0940 e. The van der Waals surface area contributed by atoms with Crippen LogP contribution >= 0.6 is 0 Å². The van der Waals surface area contributed by atoms with Gasteiger partial charge in [-0.1, -0.05) is 0 Å². The molecule has 1 fully saturated rings. The maximum Gasteiger partial charge on any atom is 0.0940 e. The molecule has 1 saturated carbocycles. The molecule has 2 heteroatoms. The van der Waals surface area contributed by atoms with Gasteiger partial charge in [0, 0.05) is 0 Å². The van der Waals surface area contributed by atoms with Crippen LogP contribution in [0.3, 0.4) is 0 Å². The lowest BCUT2D eigenvalue weighted by atomic mass is 10.5. The number of ether oxygens (including phenoxy) is 1. The molecule has 0 bridgehead atoms. The summed E-state index contributed by atoms with van der Waals surface area (Å²) in [6.45, 7) is 1.27. The molecule has 2 N–H and O–H groups in total. The van der Waals surface area contributed by atoms with Gasteiger partial charge in [0.05, 0.1) is 13.3 Å². The second kappa shape index (κ2) is 2.28. The summed E-state index contributed by atoms with van der Waals surface area (Å²) in [6.07, 6.45) is 2.69. The first-order valence-corrected chi connectivity index (χ1v) is 2.71. The molecular formula is C5H11NO. The van der Waals surface area contributed by atoms with Crippen LogP contribution in [-0.4, -0.2) is 13.3 Å². The van der Waals surface area contributed by atoms with E-state index < -0.39 is 0 Å². The first kappa shape index (κ1) is 5.06. The van der Waals surface area contributed by atoms with Crippen LogP contribution in [0.2, 0.25) is 0 Å². The summed E-state index contributed by atoms with van der Waals surface area (Å²) in [4.78, 5) is 0. The minimum atomic E-state index is 0.385. The first-order chi connectivity index (χ1) is 3.43. The molecule has 0 aromatic carbocycles. The van der Waals surface area contributed by atoms with Crippen LogP contribution in [0.1, 0.15) is 12.8 Å². The van der Waals surface area contributed by atoms with Gasteiger partial charge >= 0.3 is 0 Å². The van der Waals surface area contributed by atoms with Crippen molar-refractivity contribution >= 4 is 0 Å². The standard InChI is InChI=1S/C5H11NO/c6-4-7-3-5-1-2-5/h5H,1-4,6H2. The number of rotatable bonds is 3. The van der Waals surface area contributed by atoms with Gasteiger partial charge in [-0.15, -0.1) is 0 Å². The normalized spacial score (nSPS) is 20.1. The molecular weight excluding hydrogens is 90.1 g/mol. The Hall–Kier alpha value is -0.0800. The zero-order chi connectivity index (χ0) is 5.11. The highest BCUT2D eigenvalue weighted by atomic mass is 16.5. The van der Waals surface area contributed by atoms with Crippen molar-refractivity contribution in [2.45, 2.75) is 12.8 Å². The SMILES string of the molecule is NCOCC1CC1. The molecule has 7 heavy (non-hydrogen) atoms. The molecule has 1 aliphatic rings. The summed E-state index contributed by atoms with van der Waals surface area (Å²) < 4.78 is 4.94. The van der Waals surface area contributed by atoms with Crippen molar-refractivity contribution in [3.8, 4) is 0 Å². The quantitative estimate of drug-likeness (QED) is 0.520. The van der Waals surface area contributed by atoms with Gasteiger partial charge in [0.1, 0.15) is 0 Å². The van der Waals surface area contributed by atoms with Crippen LogP contribution in [0, 0.1) is 5.92 Å². The Balaban J connectivity index is 1.80. The number of hydrogen-bond acceptors (Lipinski definition) is 2. The summed E-state index contributed by atoms with van der Waals surface area (Å²) in [5, 5.41) is 0.